The van der Waals surface area contributed by atoms with Gasteiger partial charge in [-0.25, -0.2) is 14.1 Å². The Kier molecular flexibility index (Phi) is 8.21. The van der Waals surface area contributed by atoms with Gasteiger partial charge in [-0.2, -0.15) is 5.26 Å². The molecule has 5 aromatic rings. The lowest BCUT2D eigenvalue weighted by atomic mass is 10.0. The Hall–Kier alpha value is -3.72. The first kappa shape index (κ1) is 27.8. The predicted molar refractivity (Wildman–Crippen MR) is 153 cm³/mol. The zero-order chi connectivity index (χ0) is 28.4. The summed E-state index contributed by atoms with van der Waals surface area (Å²) in [6.45, 7) is 0.132. The number of benzene rings is 2. The van der Waals surface area contributed by atoms with Crippen LogP contribution in [-0.4, -0.2) is 36.7 Å². The number of aliphatic hydroxyl groups is 1. The van der Waals surface area contributed by atoms with Crippen molar-refractivity contribution in [1.29, 1.82) is 5.26 Å². The van der Waals surface area contributed by atoms with E-state index < -0.39 is 11.9 Å². The Morgan fingerprint density at radius 2 is 1.85 bits per heavy atom. The van der Waals surface area contributed by atoms with E-state index in [9.17, 15) is 14.8 Å². The van der Waals surface area contributed by atoms with E-state index in [1.165, 1.54) is 29.1 Å². The van der Waals surface area contributed by atoms with E-state index in [2.05, 4.69) is 37.0 Å². The van der Waals surface area contributed by atoms with Crippen molar-refractivity contribution in [3.05, 3.63) is 97.8 Å². The van der Waals surface area contributed by atoms with E-state index in [0.717, 1.165) is 0 Å². The van der Waals surface area contributed by atoms with Crippen LogP contribution in [0.5, 0.6) is 0 Å². The predicted octanol–water partition coefficient (Wildman–Crippen LogP) is 6.78. The first-order chi connectivity index (χ1) is 19.3. The Labute approximate surface area is 247 Å². The van der Waals surface area contributed by atoms with Crippen molar-refractivity contribution < 1.29 is 9.50 Å². The van der Waals surface area contributed by atoms with Crippen LogP contribution < -0.4 is 10.6 Å². The van der Waals surface area contributed by atoms with E-state index in [1.807, 2.05) is 0 Å². The standard InChI is InChI=1S/C26H17Cl4FN8O/c27-18-8-14(1-3-20(18)31)34-23-13(10-32)11-33-24-17(23)7-15(9-19(24)28)35-25(16-2-4-22(29)36-26(16)30)21-12-39(5-6-40)38-37-21/h1-4,7-9,11-12,25,35,40H,5-6H2,(H,33,34). The van der Waals surface area contributed by atoms with Crippen LogP contribution in [0.2, 0.25) is 20.4 Å². The molecule has 0 bridgehead atoms. The molecule has 0 fully saturated rings. The fourth-order valence-electron chi connectivity index (χ4n) is 4.05. The van der Waals surface area contributed by atoms with Gasteiger partial charge in [0.05, 0.1) is 46.2 Å². The third kappa shape index (κ3) is 5.75. The largest absolute Gasteiger partial charge is 0.394 e. The molecule has 0 saturated heterocycles. The third-order valence-corrected chi connectivity index (χ3v) is 6.97. The molecular formula is C26H17Cl4FN8O. The van der Waals surface area contributed by atoms with Gasteiger partial charge in [-0.15, -0.1) is 5.10 Å². The number of rotatable bonds is 8. The van der Waals surface area contributed by atoms with Crippen LogP contribution in [-0.2, 0) is 6.54 Å². The summed E-state index contributed by atoms with van der Waals surface area (Å²) in [5.74, 6) is -0.570. The zero-order valence-corrected chi connectivity index (χ0v) is 23.2. The SMILES string of the molecule is N#Cc1cnc2c(Cl)cc(NC(c3cn(CCO)nn3)c3ccc(Cl)nc3Cl)cc2c1Nc1ccc(F)c(Cl)c1. The summed E-state index contributed by atoms with van der Waals surface area (Å²) in [6.07, 6.45) is 3.07. The zero-order valence-electron chi connectivity index (χ0n) is 20.2. The van der Waals surface area contributed by atoms with Gasteiger partial charge in [0, 0.05) is 28.5 Å². The van der Waals surface area contributed by atoms with E-state index in [-0.39, 0.29) is 34.0 Å². The number of anilines is 3. The monoisotopic (exact) mass is 616 g/mol. The van der Waals surface area contributed by atoms with Crippen molar-refractivity contribution in [2.45, 2.75) is 12.6 Å². The first-order valence-corrected chi connectivity index (χ1v) is 13.1. The lowest BCUT2D eigenvalue weighted by Crippen LogP contribution is -2.14. The third-order valence-electron chi connectivity index (χ3n) is 5.88. The fraction of sp³-hybridized carbons (Fsp3) is 0.115. The summed E-state index contributed by atoms with van der Waals surface area (Å²) in [5.41, 5.74) is 3.09. The van der Waals surface area contributed by atoms with Crippen LogP contribution in [0.25, 0.3) is 10.9 Å². The Morgan fingerprint density at radius 3 is 2.58 bits per heavy atom. The summed E-state index contributed by atoms with van der Waals surface area (Å²) in [4.78, 5) is 8.51. The number of fused-ring (bicyclic) bond motifs is 1. The van der Waals surface area contributed by atoms with Crippen molar-refractivity contribution in [2.24, 2.45) is 0 Å². The lowest BCUT2D eigenvalue weighted by molar-refractivity contribution is 0.268. The maximum atomic E-state index is 13.7. The highest BCUT2D eigenvalue weighted by Crippen LogP contribution is 2.38. The summed E-state index contributed by atoms with van der Waals surface area (Å²) < 4.78 is 15.2. The number of nitrogens with one attached hydrogen (secondary N) is 2. The molecule has 3 N–H and O–H groups in total. The first-order valence-electron chi connectivity index (χ1n) is 11.6. The van der Waals surface area contributed by atoms with Gasteiger partial charge in [0.1, 0.15) is 33.9 Å². The van der Waals surface area contributed by atoms with E-state index in [0.29, 0.717) is 44.2 Å². The van der Waals surface area contributed by atoms with Gasteiger partial charge >= 0.3 is 0 Å². The fourth-order valence-corrected chi connectivity index (χ4v) is 4.96. The van der Waals surface area contributed by atoms with Crippen molar-refractivity contribution in [1.82, 2.24) is 25.0 Å². The highest BCUT2D eigenvalue weighted by molar-refractivity contribution is 6.36. The number of nitriles is 1. The van der Waals surface area contributed by atoms with Crippen LogP contribution in [0.15, 0.2) is 54.9 Å². The van der Waals surface area contributed by atoms with Gasteiger partial charge in [-0.1, -0.05) is 57.7 Å². The Morgan fingerprint density at radius 1 is 1.05 bits per heavy atom. The number of halogens is 5. The quantitative estimate of drug-likeness (QED) is 0.163. The molecule has 0 amide bonds. The summed E-state index contributed by atoms with van der Waals surface area (Å²) in [5, 5.41) is 35.0. The number of aromatic nitrogens is 5. The summed E-state index contributed by atoms with van der Waals surface area (Å²) in [6, 6.07) is 12.3. The highest BCUT2D eigenvalue weighted by Gasteiger charge is 2.23. The lowest BCUT2D eigenvalue weighted by Gasteiger charge is -2.20. The van der Waals surface area contributed by atoms with Crippen LogP contribution in [0.4, 0.5) is 21.5 Å². The van der Waals surface area contributed by atoms with Gasteiger partial charge < -0.3 is 15.7 Å². The molecule has 3 aromatic heterocycles. The van der Waals surface area contributed by atoms with Gasteiger partial charge in [-0.3, -0.25) is 4.98 Å². The van der Waals surface area contributed by atoms with Crippen molar-refractivity contribution >= 4 is 74.4 Å². The molecule has 202 valence electrons. The number of hydrogen-bond donors (Lipinski definition) is 3. The maximum Gasteiger partial charge on any atom is 0.141 e. The topological polar surface area (TPSA) is 125 Å². The van der Waals surface area contributed by atoms with E-state index in [1.54, 1.807) is 30.5 Å². The van der Waals surface area contributed by atoms with Crippen LogP contribution >= 0.6 is 46.4 Å². The van der Waals surface area contributed by atoms with E-state index in [4.69, 9.17) is 46.4 Å². The molecule has 3 heterocycles. The second-order valence-electron chi connectivity index (χ2n) is 8.49. The molecule has 0 radical (unpaired) electrons. The number of hydrogen-bond acceptors (Lipinski definition) is 8. The van der Waals surface area contributed by atoms with Gasteiger partial charge in [0.25, 0.3) is 0 Å². The molecule has 0 spiro atoms. The molecule has 0 saturated carbocycles. The van der Waals surface area contributed by atoms with Crippen molar-refractivity contribution in [2.75, 3.05) is 17.2 Å². The molecule has 14 heteroatoms. The minimum absolute atomic E-state index is 0.0761. The number of pyridine rings is 2. The Balaban J connectivity index is 1.62. The van der Waals surface area contributed by atoms with E-state index >= 15 is 0 Å². The maximum absolute atomic E-state index is 13.7. The van der Waals surface area contributed by atoms with Crippen LogP contribution in [0.1, 0.15) is 22.9 Å². The minimum Gasteiger partial charge on any atom is -0.394 e. The van der Waals surface area contributed by atoms with Gasteiger partial charge in [0.15, 0.2) is 0 Å². The second-order valence-corrected chi connectivity index (χ2v) is 10.0. The molecule has 2 aromatic carbocycles. The second kappa shape index (κ2) is 11.8. The molecule has 0 aliphatic heterocycles. The molecule has 1 atom stereocenters. The number of nitrogens with zero attached hydrogens (tertiary/aromatic N) is 6. The molecule has 5 rings (SSSR count). The van der Waals surface area contributed by atoms with Crippen molar-refractivity contribution in [3.8, 4) is 6.07 Å². The average Bonchev–Trinajstić information content (AvgIpc) is 3.39. The molecule has 0 aliphatic carbocycles. The summed E-state index contributed by atoms with van der Waals surface area (Å²) >= 11 is 25.1. The minimum atomic E-state index is -0.655. The normalized spacial score (nSPS) is 11.8. The van der Waals surface area contributed by atoms with Gasteiger partial charge in [0.2, 0.25) is 0 Å². The molecular weight excluding hydrogens is 601 g/mol. The smallest absolute Gasteiger partial charge is 0.141 e. The molecule has 9 nitrogen and oxygen atoms in total. The summed E-state index contributed by atoms with van der Waals surface area (Å²) in [7, 11) is 0. The van der Waals surface area contributed by atoms with Crippen molar-refractivity contribution in [3.63, 3.8) is 0 Å². The van der Waals surface area contributed by atoms with Crippen LogP contribution in [0, 0.1) is 17.1 Å². The van der Waals surface area contributed by atoms with Crippen LogP contribution in [0.3, 0.4) is 0 Å². The molecule has 40 heavy (non-hydrogen) atoms. The number of aliphatic hydroxyl groups excluding tert-OH is 1. The molecule has 1 unspecified atom stereocenters. The Bertz CT molecular complexity index is 1770. The highest BCUT2D eigenvalue weighted by atomic mass is 35.5. The average molecular weight is 618 g/mol. The molecule has 0 aliphatic rings. The van der Waals surface area contributed by atoms with Gasteiger partial charge in [-0.05, 0) is 36.4 Å².